The standard InChI is InChI=1S/C22H14Cl2N4O5/c23-13-5-4-12(18(8-13)28(32)33)10-27-11-15(14-2-1-3-19(29)20(14)27)21(30)22(31)26-17-6-7-25-9-16(17)24/h1-9,11,29H,10H2,(H,25,26,31). The molecule has 4 rings (SSSR count). The highest BCUT2D eigenvalue weighted by Gasteiger charge is 2.25. The number of amides is 1. The summed E-state index contributed by atoms with van der Waals surface area (Å²) in [5, 5.41) is 25.0. The summed E-state index contributed by atoms with van der Waals surface area (Å²) in [6.45, 7) is -0.0490. The zero-order valence-corrected chi connectivity index (χ0v) is 18.2. The smallest absolute Gasteiger partial charge is 0.296 e. The van der Waals surface area contributed by atoms with E-state index in [-0.39, 0.29) is 44.8 Å². The number of carbonyl (C=O) groups is 2. The molecule has 166 valence electrons. The van der Waals surface area contributed by atoms with Crippen LogP contribution in [0.1, 0.15) is 15.9 Å². The van der Waals surface area contributed by atoms with Gasteiger partial charge in [-0.3, -0.25) is 24.7 Å². The number of nitro benzene ring substituents is 1. The lowest BCUT2D eigenvalue weighted by atomic mass is 10.1. The van der Waals surface area contributed by atoms with Gasteiger partial charge < -0.3 is 15.0 Å². The van der Waals surface area contributed by atoms with E-state index in [9.17, 15) is 24.8 Å². The minimum Gasteiger partial charge on any atom is -0.506 e. The Kier molecular flexibility index (Phi) is 5.99. The number of halogens is 2. The number of nitrogens with one attached hydrogen (secondary N) is 1. The van der Waals surface area contributed by atoms with Gasteiger partial charge in [-0.2, -0.15) is 0 Å². The molecule has 0 fully saturated rings. The van der Waals surface area contributed by atoms with Gasteiger partial charge in [0, 0.05) is 40.6 Å². The summed E-state index contributed by atoms with van der Waals surface area (Å²) < 4.78 is 1.47. The van der Waals surface area contributed by atoms with Crippen molar-refractivity contribution in [2.24, 2.45) is 0 Å². The number of pyridine rings is 1. The van der Waals surface area contributed by atoms with Gasteiger partial charge in [0.25, 0.3) is 17.4 Å². The van der Waals surface area contributed by atoms with Gasteiger partial charge in [-0.25, -0.2) is 0 Å². The number of para-hydroxylation sites is 1. The summed E-state index contributed by atoms with van der Waals surface area (Å²) in [7, 11) is 0. The maximum absolute atomic E-state index is 13.0. The van der Waals surface area contributed by atoms with Crippen molar-refractivity contribution in [3.05, 3.63) is 92.3 Å². The molecule has 0 spiro atoms. The summed E-state index contributed by atoms with van der Waals surface area (Å²) >= 11 is 11.9. The zero-order valence-electron chi connectivity index (χ0n) is 16.7. The molecule has 33 heavy (non-hydrogen) atoms. The molecule has 0 radical (unpaired) electrons. The van der Waals surface area contributed by atoms with Gasteiger partial charge >= 0.3 is 0 Å². The van der Waals surface area contributed by atoms with Crippen LogP contribution in [-0.4, -0.2) is 31.3 Å². The van der Waals surface area contributed by atoms with Crippen LogP contribution in [0.15, 0.2) is 61.1 Å². The van der Waals surface area contributed by atoms with Gasteiger partial charge in [-0.05, 0) is 24.3 Å². The van der Waals surface area contributed by atoms with Crippen molar-refractivity contribution in [2.75, 3.05) is 5.32 Å². The average molecular weight is 485 g/mol. The van der Waals surface area contributed by atoms with E-state index in [0.717, 1.165) is 0 Å². The van der Waals surface area contributed by atoms with Crippen LogP contribution < -0.4 is 5.32 Å². The first kappa shape index (κ1) is 22.3. The third kappa shape index (κ3) is 4.36. The molecular formula is C22H14Cl2N4O5. The first-order valence-corrected chi connectivity index (χ1v) is 10.2. The number of fused-ring (bicyclic) bond motifs is 1. The maximum Gasteiger partial charge on any atom is 0.296 e. The van der Waals surface area contributed by atoms with Crippen molar-refractivity contribution in [1.29, 1.82) is 0 Å². The van der Waals surface area contributed by atoms with Crippen molar-refractivity contribution in [3.8, 4) is 5.75 Å². The van der Waals surface area contributed by atoms with Crippen LogP contribution in [0.3, 0.4) is 0 Å². The number of nitro groups is 1. The third-order valence-electron chi connectivity index (χ3n) is 4.93. The number of hydrogen-bond donors (Lipinski definition) is 2. The van der Waals surface area contributed by atoms with Crippen LogP contribution in [0.2, 0.25) is 10.0 Å². The number of phenols is 1. The molecule has 2 aromatic carbocycles. The predicted octanol–water partition coefficient (Wildman–Crippen LogP) is 4.83. The molecular weight excluding hydrogens is 471 g/mol. The highest BCUT2D eigenvalue weighted by molar-refractivity contribution is 6.49. The molecule has 0 bridgehead atoms. The molecule has 4 aromatic rings. The van der Waals surface area contributed by atoms with Crippen LogP contribution in [0.25, 0.3) is 10.9 Å². The molecule has 1 amide bonds. The van der Waals surface area contributed by atoms with E-state index in [1.54, 1.807) is 6.07 Å². The molecule has 0 saturated heterocycles. The van der Waals surface area contributed by atoms with Gasteiger partial charge in [0.2, 0.25) is 0 Å². The van der Waals surface area contributed by atoms with E-state index in [2.05, 4.69) is 10.3 Å². The van der Waals surface area contributed by atoms with Crippen molar-refractivity contribution in [3.63, 3.8) is 0 Å². The Balaban J connectivity index is 1.75. The number of nitrogens with zero attached hydrogens (tertiary/aromatic N) is 3. The first-order valence-electron chi connectivity index (χ1n) is 9.45. The molecule has 0 aliphatic rings. The van der Waals surface area contributed by atoms with Crippen LogP contribution in [-0.2, 0) is 11.3 Å². The van der Waals surface area contributed by atoms with E-state index >= 15 is 0 Å². The van der Waals surface area contributed by atoms with Crippen molar-refractivity contribution >= 4 is 57.2 Å². The lowest BCUT2D eigenvalue weighted by Gasteiger charge is -2.08. The fourth-order valence-corrected chi connectivity index (χ4v) is 3.78. The molecule has 0 unspecified atom stereocenters. The van der Waals surface area contributed by atoms with E-state index in [1.807, 2.05) is 0 Å². The summed E-state index contributed by atoms with van der Waals surface area (Å²) in [5.41, 5.74) is 0.572. The van der Waals surface area contributed by atoms with Crippen LogP contribution >= 0.6 is 23.2 Å². The largest absolute Gasteiger partial charge is 0.506 e. The van der Waals surface area contributed by atoms with Gasteiger partial charge in [-0.15, -0.1) is 0 Å². The number of benzene rings is 2. The molecule has 9 nitrogen and oxygen atoms in total. The number of anilines is 1. The Morgan fingerprint density at radius 2 is 1.97 bits per heavy atom. The summed E-state index contributed by atoms with van der Waals surface area (Å²) in [4.78, 5) is 40.3. The minimum atomic E-state index is -0.942. The topological polar surface area (TPSA) is 127 Å². The number of Topliss-reactive ketones (excluding diaryl/α,β-unsaturated/α-hetero) is 1. The number of phenolic OH excluding ortho intramolecular Hbond substituents is 1. The summed E-state index contributed by atoms with van der Waals surface area (Å²) in [6, 6.07) is 10.2. The Morgan fingerprint density at radius 3 is 2.70 bits per heavy atom. The van der Waals surface area contributed by atoms with E-state index in [4.69, 9.17) is 23.2 Å². The summed E-state index contributed by atoms with van der Waals surface area (Å²) in [5.74, 6) is -1.97. The SMILES string of the molecule is O=C(Nc1ccncc1Cl)C(=O)c1cn(Cc2ccc(Cl)cc2[N+](=O)[O-])c2c(O)cccc12. The molecule has 0 atom stereocenters. The minimum absolute atomic E-state index is 0.0141. The fourth-order valence-electron chi connectivity index (χ4n) is 3.45. The van der Waals surface area contributed by atoms with Gasteiger partial charge in [0.15, 0.2) is 0 Å². The van der Waals surface area contributed by atoms with Crippen molar-refractivity contribution < 1.29 is 19.6 Å². The second kappa shape index (κ2) is 8.89. The van der Waals surface area contributed by atoms with E-state index in [1.165, 1.54) is 59.6 Å². The number of hydrogen-bond acceptors (Lipinski definition) is 6. The molecule has 0 saturated carbocycles. The highest BCUT2D eigenvalue weighted by Crippen LogP contribution is 2.32. The molecule has 2 heterocycles. The average Bonchev–Trinajstić information content (AvgIpc) is 3.15. The normalized spacial score (nSPS) is 10.8. The molecule has 2 aromatic heterocycles. The molecule has 11 heteroatoms. The van der Waals surface area contributed by atoms with E-state index in [0.29, 0.717) is 10.9 Å². The Labute approximate surface area is 196 Å². The van der Waals surface area contributed by atoms with Gasteiger partial charge in [0.05, 0.1) is 33.3 Å². The molecule has 0 aliphatic heterocycles. The number of carbonyl (C=O) groups excluding carboxylic acids is 2. The number of ketones is 1. The lowest BCUT2D eigenvalue weighted by molar-refractivity contribution is -0.385. The fraction of sp³-hybridized carbons (Fsp3) is 0.0455. The van der Waals surface area contributed by atoms with Crippen molar-refractivity contribution in [1.82, 2.24) is 9.55 Å². The number of aromatic hydroxyl groups is 1. The Bertz CT molecular complexity index is 1430. The Morgan fingerprint density at radius 1 is 1.18 bits per heavy atom. The molecule has 2 N–H and O–H groups in total. The monoisotopic (exact) mass is 484 g/mol. The summed E-state index contributed by atoms with van der Waals surface area (Å²) in [6.07, 6.45) is 4.11. The van der Waals surface area contributed by atoms with Crippen LogP contribution in [0.5, 0.6) is 5.75 Å². The van der Waals surface area contributed by atoms with Crippen molar-refractivity contribution in [2.45, 2.75) is 6.54 Å². The predicted molar refractivity (Wildman–Crippen MR) is 123 cm³/mol. The van der Waals surface area contributed by atoms with Crippen LogP contribution in [0.4, 0.5) is 11.4 Å². The highest BCUT2D eigenvalue weighted by atomic mass is 35.5. The molecule has 0 aliphatic carbocycles. The number of aromatic nitrogens is 2. The van der Waals surface area contributed by atoms with E-state index < -0.39 is 16.6 Å². The first-order chi connectivity index (χ1) is 15.8. The number of rotatable bonds is 6. The maximum atomic E-state index is 13.0. The van der Waals surface area contributed by atoms with Crippen LogP contribution in [0, 0.1) is 10.1 Å². The Hall–Kier alpha value is -3.95. The third-order valence-corrected chi connectivity index (χ3v) is 5.47. The zero-order chi connectivity index (χ0) is 23.7. The van der Waals surface area contributed by atoms with Gasteiger partial charge in [-0.1, -0.05) is 35.3 Å². The second-order valence-electron chi connectivity index (χ2n) is 7.01. The lowest BCUT2D eigenvalue weighted by Crippen LogP contribution is -2.23. The quantitative estimate of drug-likeness (QED) is 0.174. The second-order valence-corrected chi connectivity index (χ2v) is 7.86. The van der Waals surface area contributed by atoms with Gasteiger partial charge in [0.1, 0.15) is 5.75 Å².